The van der Waals surface area contributed by atoms with Crippen molar-refractivity contribution in [3.8, 4) is 11.4 Å². The molecular formula is C18H21ClN4O2S. The number of carbonyl (C=O) groups is 1. The Hall–Kier alpha value is -1.83. The van der Waals surface area contributed by atoms with Crippen molar-refractivity contribution in [3.05, 3.63) is 41.9 Å². The van der Waals surface area contributed by atoms with Crippen LogP contribution in [0.3, 0.4) is 0 Å². The second-order valence-electron chi connectivity index (χ2n) is 5.94. The molecular weight excluding hydrogens is 372 g/mol. The van der Waals surface area contributed by atoms with Gasteiger partial charge in [-0.15, -0.1) is 16.8 Å². The monoisotopic (exact) mass is 392 g/mol. The fraction of sp³-hybridized carbons (Fsp3) is 0.389. The average Bonchev–Trinajstić information content (AvgIpc) is 3.29. The molecule has 1 amide bonds. The van der Waals surface area contributed by atoms with Crippen LogP contribution in [0.5, 0.6) is 0 Å². The topological polar surface area (TPSA) is 69.0 Å². The molecule has 26 heavy (non-hydrogen) atoms. The molecule has 1 fully saturated rings. The Morgan fingerprint density at radius 2 is 2.23 bits per heavy atom. The molecule has 6 nitrogen and oxygen atoms in total. The average molecular weight is 393 g/mol. The maximum Gasteiger partial charge on any atom is 0.230 e. The zero-order chi connectivity index (χ0) is 18.4. The number of thioether (sulfide) groups is 1. The Labute approximate surface area is 162 Å². The predicted octanol–water partition coefficient (Wildman–Crippen LogP) is 3.17. The van der Waals surface area contributed by atoms with Gasteiger partial charge in [0.25, 0.3) is 0 Å². The molecule has 0 saturated carbocycles. The lowest BCUT2D eigenvalue weighted by Gasteiger charge is -2.11. The lowest BCUT2D eigenvalue weighted by molar-refractivity contribution is -0.119. The lowest BCUT2D eigenvalue weighted by Crippen LogP contribution is -2.32. The van der Waals surface area contributed by atoms with E-state index in [1.54, 1.807) is 6.08 Å². The maximum absolute atomic E-state index is 12.1. The molecule has 138 valence electrons. The number of amides is 1. The van der Waals surface area contributed by atoms with Gasteiger partial charge < -0.3 is 10.1 Å². The van der Waals surface area contributed by atoms with Crippen molar-refractivity contribution in [2.75, 3.05) is 18.9 Å². The summed E-state index contributed by atoms with van der Waals surface area (Å²) in [6.45, 7) is 5.70. The SMILES string of the molecule is C=CCn1c(SCC(=O)NC[C@H]2CCCO2)nnc1-c1ccc(Cl)cc1. The number of allylic oxidation sites excluding steroid dienone is 1. The Bertz CT molecular complexity index is 757. The highest BCUT2D eigenvalue weighted by Crippen LogP contribution is 2.25. The van der Waals surface area contributed by atoms with E-state index >= 15 is 0 Å². The third kappa shape index (κ3) is 4.87. The minimum absolute atomic E-state index is 0.0355. The highest BCUT2D eigenvalue weighted by molar-refractivity contribution is 7.99. The Kier molecular flexibility index (Phi) is 6.71. The summed E-state index contributed by atoms with van der Waals surface area (Å²) in [5.74, 6) is 0.971. The molecule has 0 spiro atoms. The van der Waals surface area contributed by atoms with Crippen molar-refractivity contribution >= 4 is 29.3 Å². The van der Waals surface area contributed by atoms with Crippen LogP contribution in [0.25, 0.3) is 11.4 Å². The highest BCUT2D eigenvalue weighted by atomic mass is 35.5. The van der Waals surface area contributed by atoms with Gasteiger partial charge >= 0.3 is 0 Å². The van der Waals surface area contributed by atoms with E-state index < -0.39 is 0 Å². The van der Waals surface area contributed by atoms with Crippen LogP contribution >= 0.6 is 23.4 Å². The van der Waals surface area contributed by atoms with Gasteiger partial charge in [-0.05, 0) is 37.1 Å². The number of hydrogen-bond donors (Lipinski definition) is 1. The first-order chi connectivity index (χ1) is 12.7. The Balaban J connectivity index is 1.62. The fourth-order valence-corrected chi connectivity index (χ4v) is 3.62. The van der Waals surface area contributed by atoms with E-state index in [1.807, 2.05) is 28.8 Å². The molecule has 1 aromatic carbocycles. The molecule has 2 aromatic rings. The second-order valence-corrected chi connectivity index (χ2v) is 7.32. The van der Waals surface area contributed by atoms with E-state index in [9.17, 15) is 4.79 Å². The van der Waals surface area contributed by atoms with E-state index in [2.05, 4.69) is 22.1 Å². The van der Waals surface area contributed by atoms with Crippen molar-refractivity contribution in [1.82, 2.24) is 20.1 Å². The first-order valence-corrected chi connectivity index (χ1v) is 9.85. The van der Waals surface area contributed by atoms with Crippen LogP contribution in [-0.2, 0) is 16.1 Å². The number of rotatable bonds is 8. The van der Waals surface area contributed by atoms with E-state index in [0.29, 0.717) is 23.3 Å². The minimum atomic E-state index is -0.0355. The van der Waals surface area contributed by atoms with Crippen LogP contribution in [0.1, 0.15) is 12.8 Å². The summed E-state index contributed by atoms with van der Waals surface area (Å²) in [6.07, 6.45) is 3.99. The summed E-state index contributed by atoms with van der Waals surface area (Å²) in [5.41, 5.74) is 0.915. The van der Waals surface area contributed by atoms with Crippen molar-refractivity contribution in [2.45, 2.75) is 30.6 Å². The summed E-state index contributed by atoms with van der Waals surface area (Å²) in [7, 11) is 0. The van der Waals surface area contributed by atoms with Crippen LogP contribution < -0.4 is 5.32 Å². The van der Waals surface area contributed by atoms with E-state index in [4.69, 9.17) is 16.3 Å². The number of carbonyl (C=O) groups excluding carboxylic acids is 1. The molecule has 1 saturated heterocycles. The number of nitrogens with zero attached hydrogens (tertiary/aromatic N) is 3. The normalized spacial score (nSPS) is 16.6. The third-order valence-corrected chi connectivity index (χ3v) is 5.23. The Morgan fingerprint density at radius 3 is 2.92 bits per heavy atom. The molecule has 0 aliphatic carbocycles. The minimum Gasteiger partial charge on any atom is -0.376 e. The number of ether oxygens (including phenoxy) is 1. The summed E-state index contributed by atoms with van der Waals surface area (Å²) in [4.78, 5) is 12.1. The maximum atomic E-state index is 12.1. The van der Waals surface area contributed by atoms with Gasteiger partial charge in [0.2, 0.25) is 5.91 Å². The summed E-state index contributed by atoms with van der Waals surface area (Å²) in [6, 6.07) is 7.42. The molecule has 1 aliphatic heterocycles. The van der Waals surface area contributed by atoms with Gasteiger partial charge in [0.05, 0.1) is 11.9 Å². The van der Waals surface area contributed by atoms with Crippen molar-refractivity contribution in [2.24, 2.45) is 0 Å². The van der Waals surface area contributed by atoms with Crippen LogP contribution in [0.4, 0.5) is 0 Å². The third-order valence-electron chi connectivity index (χ3n) is 4.01. The van der Waals surface area contributed by atoms with Crippen molar-refractivity contribution in [3.63, 3.8) is 0 Å². The summed E-state index contributed by atoms with van der Waals surface area (Å²) < 4.78 is 7.45. The number of aromatic nitrogens is 3. The van der Waals surface area contributed by atoms with Crippen LogP contribution in [-0.4, -0.2) is 45.7 Å². The molecule has 0 bridgehead atoms. The van der Waals surface area contributed by atoms with Crippen LogP contribution in [0.2, 0.25) is 5.02 Å². The number of hydrogen-bond acceptors (Lipinski definition) is 5. The molecule has 0 unspecified atom stereocenters. The predicted molar refractivity (Wildman–Crippen MR) is 103 cm³/mol. The summed E-state index contributed by atoms with van der Waals surface area (Å²) in [5, 5.41) is 12.8. The number of benzene rings is 1. The van der Waals surface area contributed by atoms with Gasteiger partial charge in [-0.3, -0.25) is 9.36 Å². The van der Waals surface area contributed by atoms with Crippen molar-refractivity contribution < 1.29 is 9.53 Å². The highest BCUT2D eigenvalue weighted by Gasteiger charge is 2.18. The van der Waals surface area contributed by atoms with Gasteiger partial charge in [-0.25, -0.2) is 0 Å². The quantitative estimate of drug-likeness (QED) is 0.552. The van der Waals surface area contributed by atoms with E-state index in [-0.39, 0.29) is 17.8 Å². The smallest absolute Gasteiger partial charge is 0.230 e. The fourth-order valence-electron chi connectivity index (χ4n) is 2.72. The van der Waals surface area contributed by atoms with Gasteiger partial charge in [-0.1, -0.05) is 29.4 Å². The molecule has 0 radical (unpaired) electrons. The number of halogens is 1. The van der Waals surface area contributed by atoms with Crippen molar-refractivity contribution in [1.29, 1.82) is 0 Å². The van der Waals surface area contributed by atoms with E-state index in [1.165, 1.54) is 11.8 Å². The summed E-state index contributed by atoms with van der Waals surface area (Å²) >= 11 is 7.31. The lowest BCUT2D eigenvalue weighted by atomic mass is 10.2. The Morgan fingerprint density at radius 1 is 1.42 bits per heavy atom. The van der Waals surface area contributed by atoms with Crippen LogP contribution in [0.15, 0.2) is 42.1 Å². The van der Waals surface area contributed by atoms with E-state index in [0.717, 1.165) is 30.8 Å². The standard InChI is InChI=1S/C18H21ClN4O2S/c1-2-9-23-17(13-5-7-14(19)8-6-13)21-22-18(23)26-12-16(24)20-11-15-4-3-10-25-15/h2,5-8,15H,1,3-4,9-12H2,(H,20,24)/t15-/m1/s1. The zero-order valence-electron chi connectivity index (χ0n) is 14.4. The van der Waals surface area contributed by atoms with Gasteiger partial charge in [0.1, 0.15) is 0 Å². The zero-order valence-corrected chi connectivity index (χ0v) is 15.9. The molecule has 1 N–H and O–H groups in total. The molecule has 1 aliphatic rings. The first-order valence-electron chi connectivity index (χ1n) is 8.48. The van der Waals surface area contributed by atoms with Gasteiger partial charge in [0, 0.05) is 30.3 Å². The molecule has 8 heteroatoms. The van der Waals surface area contributed by atoms with Crippen LogP contribution in [0, 0.1) is 0 Å². The molecule has 2 heterocycles. The molecule has 3 rings (SSSR count). The number of nitrogens with one attached hydrogen (secondary N) is 1. The van der Waals surface area contributed by atoms with Gasteiger partial charge in [0.15, 0.2) is 11.0 Å². The second kappa shape index (κ2) is 9.21. The largest absolute Gasteiger partial charge is 0.376 e. The molecule has 1 atom stereocenters. The van der Waals surface area contributed by atoms with Gasteiger partial charge in [-0.2, -0.15) is 0 Å². The first kappa shape index (κ1) is 18.9. The molecule has 1 aromatic heterocycles.